The Balaban J connectivity index is 1.78. The van der Waals surface area contributed by atoms with Crippen LogP contribution in [0.5, 0.6) is 0 Å². The Kier molecular flexibility index (Phi) is 7.10. The van der Waals surface area contributed by atoms with E-state index in [0.717, 1.165) is 5.56 Å². The zero-order valence-electron chi connectivity index (χ0n) is 19.4. The van der Waals surface area contributed by atoms with Crippen LogP contribution < -0.4 is 4.90 Å². The molecule has 1 saturated heterocycles. The first-order valence-corrected chi connectivity index (χ1v) is 12.5. The summed E-state index contributed by atoms with van der Waals surface area (Å²) in [5.41, 5.74) is 2.63. The zero-order valence-corrected chi connectivity index (χ0v) is 20.2. The minimum absolute atomic E-state index is 0.0162. The number of rotatable bonds is 6. The minimum Gasteiger partial charge on any atom is -0.372 e. The third-order valence-electron chi connectivity index (χ3n) is 5.72. The fraction of sp³-hybridized carbons (Fsp3) is 0.480. The summed E-state index contributed by atoms with van der Waals surface area (Å²) in [6, 6.07) is 11.2. The van der Waals surface area contributed by atoms with Gasteiger partial charge in [-0.15, -0.1) is 0 Å². The number of ketones is 1. The monoisotopic (exact) mass is 461 g/mol. The molecule has 174 valence electrons. The lowest BCUT2D eigenvalue weighted by Crippen LogP contribution is -2.46. The molecule has 0 aromatic heterocycles. The van der Waals surface area contributed by atoms with Gasteiger partial charge in [-0.05, 0) is 57.9 Å². The van der Waals surface area contributed by atoms with Gasteiger partial charge in [-0.2, -0.15) is 0 Å². The molecule has 7 heteroatoms. The summed E-state index contributed by atoms with van der Waals surface area (Å²) >= 11 is 0. The van der Waals surface area contributed by atoms with Crippen molar-refractivity contribution < 1.29 is 22.3 Å². The maximum absolute atomic E-state index is 14.0. The molecule has 3 rings (SSSR count). The number of hydrogen-bond donors (Lipinski definition) is 0. The predicted octanol–water partition coefficient (Wildman–Crippen LogP) is 4.58. The Hall–Kier alpha value is -2.25. The molecule has 2 aromatic rings. The first-order valence-electron chi connectivity index (χ1n) is 10.9. The largest absolute Gasteiger partial charge is 0.372 e. The number of anilines is 1. The van der Waals surface area contributed by atoms with E-state index >= 15 is 0 Å². The Labute approximate surface area is 190 Å². The van der Waals surface area contributed by atoms with E-state index in [-0.39, 0.29) is 36.0 Å². The fourth-order valence-corrected chi connectivity index (χ4v) is 4.92. The molecule has 1 fully saturated rings. The average molecular weight is 462 g/mol. The summed E-state index contributed by atoms with van der Waals surface area (Å²) in [5.74, 6) is -0.509. The fourth-order valence-electron chi connectivity index (χ4n) is 3.85. The van der Waals surface area contributed by atoms with Crippen LogP contribution in [0.3, 0.4) is 0 Å². The van der Waals surface area contributed by atoms with Crippen LogP contribution in [0, 0.1) is 5.82 Å². The van der Waals surface area contributed by atoms with Crippen LogP contribution in [-0.2, 0) is 26.7 Å². The summed E-state index contributed by atoms with van der Waals surface area (Å²) in [6.45, 7) is 10.3. The maximum Gasteiger partial charge on any atom is 0.167 e. The molecule has 2 aromatic carbocycles. The first-order chi connectivity index (χ1) is 14.9. The van der Waals surface area contributed by atoms with Crippen molar-refractivity contribution in [2.24, 2.45) is 0 Å². The van der Waals surface area contributed by atoms with Crippen molar-refractivity contribution in [2.75, 3.05) is 18.0 Å². The van der Waals surface area contributed by atoms with Gasteiger partial charge in [-0.25, -0.2) is 12.8 Å². The SMILES string of the molecule is C[C@@H]1CN(c2cc(F)ccc2CC(=O)c2ccc(CS(=O)(=O)C(C)(C)C)cc2)C[C@H](C)O1. The topological polar surface area (TPSA) is 63.7 Å². The third kappa shape index (κ3) is 5.75. The van der Waals surface area contributed by atoms with Crippen LogP contribution in [0.25, 0.3) is 0 Å². The summed E-state index contributed by atoms with van der Waals surface area (Å²) in [7, 11) is -3.30. The van der Waals surface area contributed by atoms with E-state index in [0.29, 0.717) is 29.9 Å². The highest BCUT2D eigenvalue weighted by molar-refractivity contribution is 7.91. The third-order valence-corrected chi connectivity index (χ3v) is 8.30. The first kappa shape index (κ1) is 24.4. The Morgan fingerprint density at radius 2 is 1.66 bits per heavy atom. The molecule has 0 radical (unpaired) electrons. The molecule has 0 amide bonds. The van der Waals surface area contributed by atoms with Crippen LogP contribution >= 0.6 is 0 Å². The van der Waals surface area contributed by atoms with E-state index < -0.39 is 14.6 Å². The Morgan fingerprint density at radius 1 is 1.06 bits per heavy atom. The predicted molar refractivity (Wildman–Crippen MR) is 125 cm³/mol. The van der Waals surface area contributed by atoms with E-state index in [1.165, 1.54) is 12.1 Å². The van der Waals surface area contributed by atoms with Crippen molar-refractivity contribution in [3.05, 3.63) is 65.0 Å². The van der Waals surface area contributed by atoms with Crippen molar-refractivity contribution in [2.45, 2.75) is 63.7 Å². The van der Waals surface area contributed by atoms with E-state index in [4.69, 9.17) is 4.74 Å². The number of nitrogens with zero attached hydrogens (tertiary/aromatic N) is 1. The van der Waals surface area contributed by atoms with Crippen LogP contribution in [0.15, 0.2) is 42.5 Å². The van der Waals surface area contributed by atoms with Gasteiger partial charge in [0, 0.05) is 30.8 Å². The van der Waals surface area contributed by atoms with Gasteiger partial charge in [0.05, 0.1) is 22.7 Å². The van der Waals surface area contributed by atoms with Gasteiger partial charge in [0.1, 0.15) is 5.82 Å². The number of carbonyl (C=O) groups is 1. The lowest BCUT2D eigenvalue weighted by molar-refractivity contribution is -0.00527. The number of morpholine rings is 1. The highest BCUT2D eigenvalue weighted by Gasteiger charge is 2.29. The van der Waals surface area contributed by atoms with E-state index in [9.17, 15) is 17.6 Å². The van der Waals surface area contributed by atoms with Crippen LogP contribution in [0.4, 0.5) is 10.1 Å². The second-order valence-electron chi connectivity index (χ2n) is 9.60. The Morgan fingerprint density at radius 3 is 2.22 bits per heavy atom. The molecule has 0 spiro atoms. The van der Waals surface area contributed by atoms with Crippen molar-refractivity contribution in [1.82, 2.24) is 0 Å². The molecular weight excluding hydrogens is 429 g/mol. The number of carbonyl (C=O) groups excluding carboxylic acids is 1. The molecule has 0 aliphatic carbocycles. The van der Waals surface area contributed by atoms with Gasteiger partial charge >= 0.3 is 0 Å². The number of ether oxygens (including phenoxy) is 1. The van der Waals surface area contributed by atoms with Crippen LogP contribution in [-0.4, -0.2) is 44.2 Å². The normalized spacial score (nSPS) is 19.8. The molecule has 1 aliphatic rings. The molecule has 0 bridgehead atoms. The summed E-state index contributed by atoms with van der Waals surface area (Å²) < 4.78 is 43.8. The second kappa shape index (κ2) is 9.32. The lowest BCUT2D eigenvalue weighted by atomic mass is 9.99. The number of benzene rings is 2. The Bertz CT molecular complexity index is 1060. The van der Waals surface area contributed by atoms with Crippen LogP contribution in [0.1, 0.15) is 56.1 Å². The quantitative estimate of drug-likeness (QED) is 0.590. The molecule has 0 unspecified atom stereocenters. The van der Waals surface area contributed by atoms with Gasteiger partial charge in [0.2, 0.25) is 0 Å². The summed E-state index contributed by atoms with van der Waals surface area (Å²) in [4.78, 5) is 15.0. The molecule has 1 aliphatic heterocycles. The number of hydrogen-bond acceptors (Lipinski definition) is 5. The van der Waals surface area contributed by atoms with Crippen molar-refractivity contribution >= 4 is 21.3 Å². The minimum atomic E-state index is -3.30. The molecule has 5 nitrogen and oxygen atoms in total. The molecule has 2 atom stereocenters. The van der Waals surface area contributed by atoms with Crippen LogP contribution in [0.2, 0.25) is 0 Å². The average Bonchev–Trinajstić information content (AvgIpc) is 2.68. The molecular formula is C25H32FNO4S. The van der Waals surface area contributed by atoms with E-state index in [2.05, 4.69) is 4.90 Å². The lowest BCUT2D eigenvalue weighted by Gasteiger charge is -2.37. The standard InChI is InChI=1S/C25H32FNO4S/c1-17-14-27(15-18(2)31-17)23-13-22(26)11-10-21(23)12-24(28)20-8-6-19(7-9-20)16-32(29,30)25(3,4)5/h6-11,13,17-18H,12,14-16H2,1-5H3/t17-,18+. The highest BCUT2D eigenvalue weighted by Crippen LogP contribution is 2.27. The van der Waals surface area contributed by atoms with Gasteiger partial charge in [-0.1, -0.05) is 30.3 Å². The van der Waals surface area contributed by atoms with E-state index in [1.807, 2.05) is 13.8 Å². The number of sulfone groups is 1. The van der Waals surface area contributed by atoms with Crippen molar-refractivity contribution in [3.63, 3.8) is 0 Å². The number of halogens is 1. The van der Waals surface area contributed by atoms with Crippen molar-refractivity contribution in [1.29, 1.82) is 0 Å². The van der Waals surface area contributed by atoms with Crippen molar-refractivity contribution in [3.8, 4) is 0 Å². The smallest absolute Gasteiger partial charge is 0.167 e. The van der Waals surface area contributed by atoms with Gasteiger partial charge in [0.15, 0.2) is 15.6 Å². The second-order valence-corrected chi connectivity index (χ2v) is 12.3. The number of Topliss-reactive ketones (excluding diaryl/α,β-unsaturated/α-hetero) is 1. The van der Waals surface area contributed by atoms with Gasteiger partial charge in [-0.3, -0.25) is 4.79 Å². The molecule has 32 heavy (non-hydrogen) atoms. The van der Waals surface area contributed by atoms with E-state index in [1.54, 1.807) is 51.1 Å². The zero-order chi connectivity index (χ0) is 23.7. The van der Waals surface area contributed by atoms with Gasteiger partial charge < -0.3 is 9.64 Å². The molecule has 0 N–H and O–H groups in total. The summed E-state index contributed by atoms with van der Waals surface area (Å²) in [5, 5.41) is 0. The molecule has 0 saturated carbocycles. The molecule has 1 heterocycles. The summed E-state index contributed by atoms with van der Waals surface area (Å²) in [6.07, 6.45) is 0.167. The highest BCUT2D eigenvalue weighted by atomic mass is 32.2. The maximum atomic E-state index is 14.0. The van der Waals surface area contributed by atoms with Gasteiger partial charge in [0.25, 0.3) is 0 Å².